The first-order valence-electron chi connectivity index (χ1n) is 8.15. The molecule has 2 atom stereocenters. The van der Waals surface area contributed by atoms with Crippen molar-refractivity contribution in [3.8, 4) is 0 Å². The Hall–Kier alpha value is -1.88. The number of ether oxygens (including phenoxy) is 1. The number of carbonyl (C=O) groups is 2. The van der Waals surface area contributed by atoms with Crippen LogP contribution < -0.4 is 4.90 Å². The van der Waals surface area contributed by atoms with Gasteiger partial charge < -0.3 is 14.5 Å². The summed E-state index contributed by atoms with van der Waals surface area (Å²) in [6.07, 6.45) is 0.0569. The highest BCUT2D eigenvalue weighted by atomic mass is 16.5. The van der Waals surface area contributed by atoms with Crippen molar-refractivity contribution in [1.82, 2.24) is 4.90 Å². The Morgan fingerprint density at radius 3 is 2.48 bits per heavy atom. The lowest BCUT2D eigenvalue weighted by Gasteiger charge is -2.36. The van der Waals surface area contributed by atoms with Gasteiger partial charge in [-0.05, 0) is 39.3 Å². The van der Waals surface area contributed by atoms with Crippen LogP contribution in [0.25, 0.3) is 0 Å². The minimum atomic E-state index is -0.581. The third-order valence-corrected chi connectivity index (χ3v) is 4.71. The van der Waals surface area contributed by atoms with E-state index in [1.165, 1.54) is 0 Å². The molecule has 0 aliphatic carbocycles. The smallest absolute Gasteiger partial charge is 0.242 e. The Balaban J connectivity index is 1.80. The van der Waals surface area contributed by atoms with Crippen molar-refractivity contribution in [1.29, 1.82) is 0 Å². The monoisotopic (exact) mass is 316 g/mol. The van der Waals surface area contributed by atoms with E-state index in [2.05, 4.69) is 0 Å². The highest BCUT2D eigenvalue weighted by molar-refractivity contribution is 6.10. The van der Waals surface area contributed by atoms with Gasteiger partial charge in [-0.2, -0.15) is 0 Å². The number of hydrogen-bond donors (Lipinski definition) is 0. The number of nitrogens with zero attached hydrogens (tertiary/aromatic N) is 2. The Morgan fingerprint density at radius 2 is 1.83 bits per heavy atom. The standard InChI is InChI=1S/C18H24N2O3/c1-12-9-19(10-13(2)23-12)16(21)11-20-15-8-6-5-7-14(15)18(3,4)17(20)22/h5-8,12-13H,9-11H2,1-4H3/t12-,13+. The highest BCUT2D eigenvalue weighted by Crippen LogP contribution is 2.41. The van der Waals surface area contributed by atoms with Crippen LogP contribution in [-0.4, -0.2) is 48.6 Å². The number of benzene rings is 1. The molecule has 0 unspecified atom stereocenters. The fourth-order valence-electron chi connectivity index (χ4n) is 3.57. The Labute approximate surface area is 137 Å². The van der Waals surface area contributed by atoms with Gasteiger partial charge in [0.1, 0.15) is 6.54 Å². The number of fused-ring (bicyclic) bond motifs is 1. The van der Waals surface area contributed by atoms with Crippen molar-refractivity contribution < 1.29 is 14.3 Å². The van der Waals surface area contributed by atoms with Gasteiger partial charge in [0.15, 0.2) is 0 Å². The van der Waals surface area contributed by atoms with Crippen LogP contribution in [0.3, 0.4) is 0 Å². The molecule has 2 aliphatic rings. The minimum Gasteiger partial charge on any atom is -0.372 e. The van der Waals surface area contributed by atoms with E-state index in [0.29, 0.717) is 13.1 Å². The molecule has 0 N–H and O–H groups in total. The van der Waals surface area contributed by atoms with Crippen molar-refractivity contribution >= 4 is 17.5 Å². The van der Waals surface area contributed by atoms with Gasteiger partial charge in [-0.25, -0.2) is 0 Å². The molecular weight excluding hydrogens is 292 g/mol. The first-order valence-corrected chi connectivity index (χ1v) is 8.15. The van der Waals surface area contributed by atoms with E-state index < -0.39 is 5.41 Å². The maximum absolute atomic E-state index is 12.8. The summed E-state index contributed by atoms with van der Waals surface area (Å²) in [6.45, 7) is 9.02. The zero-order valence-electron chi connectivity index (χ0n) is 14.2. The zero-order valence-corrected chi connectivity index (χ0v) is 14.2. The molecule has 1 fully saturated rings. The Bertz CT molecular complexity index is 631. The Kier molecular flexibility index (Phi) is 3.92. The van der Waals surface area contributed by atoms with Gasteiger partial charge >= 0.3 is 0 Å². The lowest BCUT2D eigenvalue weighted by molar-refractivity contribution is -0.142. The maximum atomic E-state index is 12.8. The molecule has 0 aromatic heterocycles. The van der Waals surface area contributed by atoms with Crippen molar-refractivity contribution in [2.75, 3.05) is 24.5 Å². The van der Waals surface area contributed by atoms with Crippen LogP contribution in [0, 0.1) is 0 Å². The molecular formula is C18H24N2O3. The van der Waals surface area contributed by atoms with Crippen LogP contribution in [0.2, 0.25) is 0 Å². The van der Waals surface area contributed by atoms with E-state index in [-0.39, 0.29) is 30.6 Å². The quantitative estimate of drug-likeness (QED) is 0.838. The molecule has 0 saturated carbocycles. The van der Waals surface area contributed by atoms with E-state index >= 15 is 0 Å². The SMILES string of the molecule is C[C@@H]1CN(C(=O)CN2C(=O)C(C)(C)c3ccccc32)C[C@H](C)O1. The summed E-state index contributed by atoms with van der Waals surface area (Å²) < 4.78 is 5.67. The van der Waals surface area contributed by atoms with Crippen LogP contribution in [0.5, 0.6) is 0 Å². The second-order valence-electron chi connectivity index (χ2n) is 7.09. The normalized spacial score (nSPS) is 26.3. The van der Waals surface area contributed by atoms with Gasteiger partial charge in [0.2, 0.25) is 11.8 Å². The number of amides is 2. The summed E-state index contributed by atoms with van der Waals surface area (Å²) in [5.74, 6) is -0.0331. The van der Waals surface area contributed by atoms with Gasteiger partial charge in [0.05, 0.1) is 17.6 Å². The molecule has 0 bridgehead atoms. The number of para-hydroxylation sites is 1. The van der Waals surface area contributed by atoms with Gasteiger partial charge in [0, 0.05) is 18.8 Å². The van der Waals surface area contributed by atoms with E-state index in [4.69, 9.17) is 4.74 Å². The number of hydrogen-bond acceptors (Lipinski definition) is 3. The summed E-state index contributed by atoms with van der Waals surface area (Å²) in [5, 5.41) is 0. The second-order valence-corrected chi connectivity index (χ2v) is 7.09. The summed E-state index contributed by atoms with van der Waals surface area (Å²) in [4.78, 5) is 28.9. The van der Waals surface area contributed by atoms with Gasteiger partial charge in [-0.1, -0.05) is 18.2 Å². The third-order valence-electron chi connectivity index (χ3n) is 4.71. The predicted octanol–water partition coefficient (Wildman–Crippen LogP) is 1.95. The molecule has 1 aromatic rings. The average Bonchev–Trinajstić information content (AvgIpc) is 2.68. The minimum absolute atomic E-state index is 0.0126. The fraction of sp³-hybridized carbons (Fsp3) is 0.556. The van der Waals surface area contributed by atoms with Crippen LogP contribution in [-0.2, 0) is 19.7 Å². The number of rotatable bonds is 2. The molecule has 23 heavy (non-hydrogen) atoms. The van der Waals surface area contributed by atoms with E-state index in [1.807, 2.05) is 52.0 Å². The van der Waals surface area contributed by atoms with E-state index in [9.17, 15) is 9.59 Å². The first kappa shape index (κ1) is 16.0. The van der Waals surface area contributed by atoms with Crippen LogP contribution in [0.4, 0.5) is 5.69 Å². The van der Waals surface area contributed by atoms with Gasteiger partial charge in [0.25, 0.3) is 0 Å². The highest BCUT2D eigenvalue weighted by Gasteiger charge is 2.44. The molecule has 124 valence electrons. The van der Waals surface area contributed by atoms with Gasteiger partial charge in [-0.3, -0.25) is 9.59 Å². The molecule has 1 saturated heterocycles. The lowest BCUT2D eigenvalue weighted by Crippen LogP contribution is -2.52. The molecule has 2 heterocycles. The molecule has 1 aromatic carbocycles. The number of anilines is 1. The molecule has 0 spiro atoms. The summed E-state index contributed by atoms with van der Waals surface area (Å²) in [7, 11) is 0. The van der Waals surface area contributed by atoms with Crippen molar-refractivity contribution in [3.05, 3.63) is 29.8 Å². The third kappa shape index (κ3) is 2.74. The average molecular weight is 316 g/mol. The van der Waals surface area contributed by atoms with Crippen molar-refractivity contribution in [3.63, 3.8) is 0 Å². The van der Waals surface area contributed by atoms with Crippen LogP contribution in [0.1, 0.15) is 33.3 Å². The second kappa shape index (κ2) is 5.64. The van der Waals surface area contributed by atoms with E-state index in [0.717, 1.165) is 11.3 Å². The molecule has 5 nitrogen and oxygen atoms in total. The molecule has 0 radical (unpaired) electrons. The predicted molar refractivity (Wildman–Crippen MR) is 88.4 cm³/mol. The van der Waals surface area contributed by atoms with Crippen molar-refractivity contribution in [2.24, 2.45) is 0 Å². The first-order chi connectivity index (χ1) is 10.8. The van der Waals surface area contributed by atoms with Crippen LogP contribution >= 0.6 is 0 Å². The maximum Gasteiger partial charge on any atom is 0.242 e. The zero-order chi connectivity index (χ0) is 16.8. The number of carbonyl (C=O) groups excluding carboxylic acids is 2. The Morgan fingerprint density at radius 1 is 1.22 bits per heavy atom. The topological polar surface area (TPSA) is 49.9 Å². The molecule has 2 aliphatic heterocycles. The molecule has 2 amide bonds. The van der Waals surface area contributed by atoms with E-state index in [1.54, 1.807) is 9.80 Å². The fourth-order valence-corrected chi connectivity index (χ4v) is 3.57. The van der Waals surface area contributed by atoms with Gasteiger partial charge in [-0.15, -0.1) is 0 Å². The van der Waals surface area contributed by atoms with Crippen LogP contribution in [0.15, 0.2) is 24.3 Å². The summed E-state index contributed by atoms with van der Waals surface area (Å²) >= 11 is 0. The molecule has 3 rings (SSSR count). The summed E-state index contributed by atoms with van der Waals surface area (Å²) in [6, 6.07) is 7.73. The summed E-state index contributed by atoms with van der Waals surface area (Å²) in [5.41, 5.74) is 1.26. The molecule has 5 heteroatoms. The lowest BCUT2D eigenvalue weighted by atomic mass is 9.86. The van der Waals surface area contributed by atoms with Crippen molar-refractivity contribution in [2.45, 2.75) is 45.3 Å². The largest absolute Gasteiger partial charge is 0.372 e. The number of morpholine rings is 1.